The number of halogens is 1. The van der Waals surface area contributed by atoms with Crippen LogP contribution in [0.1, 0.15) is 10.5 Å². The number of carbonyl (C=O) groups excluding carboxylic acids is 1. The number of hydrogen-bond acceptors (Lipinski definition) is 5. The summed E-state index contributed by atoms with van der Waals surface area (Å²) in [7, 11) is 3.02. The highest BCUT2D eigenvalue weighted by Gasteiger charge is 2.15. The molecule has 0 radical (unpaired) electrons. The molecule has 2 rings (SSSR count). The quantitative estimate of drug-likeness (QED) is 0.827. The van der Waals surface area contributed by atoms with Gasteiger partial charge < -0.3 is 20.5 Å². The van der Waals surface area contributed by atoms with Crippen LogP contribution in [0.2, 0.25) is 0 Å². The van der Waals surface area contributed by atoms with Gasteiger partial charge in [0.2, 0.25) is 0 Å². The average Bonchev–Trinajstić information content (AvgIpc) is 2.49. The molecule has 3 N–H and O–H groups in total. The number of methoxy groups -OCH3 is 2. The zero-order chi connectivity index (χ0) is 15.4. The Kier molecular flexibility index (Phi) is 4.64. The highest BCUT2D eigenvalue weighted by atomic mass is 79.9. The van der Waals surface area contributed by atoms with E-state index >= 15 is 0 Å². The molecule has 0 bridgehead atoms. The summed E-state index contributed by atoms with van der Waals surface area (Å²) in [4.78, 5) is 16.2. The molecular weight excluding hydrogens is 338 g/mol. The molecule has 0 saturated heterocycles. The van der Waals surface area contributed by atoms with Gasteiger partial charge in [-0.05, 0) is 28.1 Å². The van der Waals surface area contributed by atoms with Gasteiger partial charge in [-0.2, -0.15) is 0 Å². The third-order valence-electron chi connectivity index (χ3n) is 2.78. The van der Waals surface area contributed by atoms with Gasteiger partial charge in [-0.25, -0.2) is 4.98 Å². The van der Waals surface area contributed by atoms with E-state index < -0.39 is 0 Å². The van der Waals surface area contributed by atoms with Crippen molar-refractivity contribution in [3.8, 4) is 11.5 Å². The van der Waals surface area contributed by atoms with Gasteiger partial charge >= 0.3 is 0 Å². The van der Waals surface area contributed by atoms with Crippen molar-refractivity contribution in [2.75, 3.05) is 25.3 Å². The number of amides is 1. The molecule has 0 unspecified atom stereocenters. The SMILES string of the molecule is COc1cc(N)c(NC(=O)c2ncccc2Br)cc1OC. The van der Waals surface area contributed by atoms with Crippen molar-refractivity contribution in [3.63, 3.8) is 0 Å². The van der Waals surface area contributed by atoms with E-state index in [1.54, 1.807) is 24.3 Å². The van der Waals surface area contributed by atoms with Gasteiger partial charge in [0.15, 0.2) is 11.5 Å². The van der Waals surface area contributed by atoms with Crippen LogP contribution in [-0.4, -0.2) is 25.1 Å². The molecule has 0 aliphatic carbocycles. The zero-order valence-electron chi connectivity index (χ0n) is 11.5. The van der Waals surface area contributed by atoms with Crippen molar-refractivity contribution in [3.05, 3.63) is 40.6 Å². The number of rotatable bonds is 4. The van der Waals surface area contributed by atoms with Gasteiger partial charge in [-0.3, -0.25) is 4.79 Å². The van der Waals surface area contributed by atoms with E-state index in [9.17, 15) is 4.79 Å². The van der Waals surface area contributed by atoms with Gasteiger partial charge in [0.25, 0.3) is 5.91 Å². The number of carbonyl (C=O) groups is 1. The van der Waals surface area contributed by atoms with E-state index in [1.165, 1.54) is 20.4 Å². The Morgan fingerprint density at radius 1 is 1.29 bits per heavy atom. The minimum atomic E-state index is -0.374. The molecule has 0 fully saturated rings. The second-order valence-electron chi connectivity index (χ2n) is 4.08. The lowest BCUT2D eigenvalue weighted by molar-refractivity contribution is 0.102. The second kappa shape index (κ2) is 6.45. The molecule has 21 heavy (non-hydrogen) atoms. The van der Waals surface area contributed by atoms with Crippen LogP contribution in [0.15, 0.2) is 34.9 Å². The summed E-state index contributed by atoms with van der Waals surface area (Å²) in [5.41, 5.74) is 6.97. The molecule has 7 heteroatoms. The molecule has 1 amide bonds. The third-order valence-corrected chi connectivity index (χ3v) is 3.42. The molecule has 0 spiro atoms. The molecule has 1 aromatic carbocycles. The normalized spacial score (nSPS) is 10.0. The number of benzene rings is 1. The van der Waals surface area contributed by atoms with Gasteiger partial charge in [0.05, 0.1) is 25.6 Å². The van der Waals surface area contributed by atoms with Gasteiger partial charge in [0.1, 0.15) is 5.69 Å². The second-order valence-corrected chi connectivity index (χ2v) is 4.94. The number of nitrogens with one attached hydrogen (secondary N) is 1. The standard InChI is InChI=1S/C14H14BrN3O3/c1-20-11-6-9(16)10(7-12(11)21-2)18-14(19)13-8(15)4-3-5-17-13/h3-7H,16H2,1-2H3,(H,18,19). The average molecular weight is 352 g/mol. The molecular formula is C14H14BrN3O3. The Labute approximate surface area is 130 Å². The minimum absolute atomic E-state index is 0.270. The van der Waals surface area contributed by atoms with Crippen molar-refractivity contribution in [1.82, 2.24) is 4.98 Å². The fourth-order valence-corrected chi connectivity index (χ4v) is 2.17. The number of pyridine rings is 1. The predicted octanol–water partition coefficient (Wildman–Crippen LogP) is 2.70. The Morgan fingerprint density at radius 3 is 2.57 bits per heavy atom. The van der Waals surface area contributed by atoms with E-state index in [0.717, 1.165) is 0 Å². The van der Waals surface area contributed by atoms with Crippen LogP contribution < -0.4 is 20.5 Å². The first-order chi connectivity index (χ1) is 10.1. The Balaban J connectivity index is 2.31. The lowest BCUT2D eigenvalue weighted by Crippen LogP contribution is -2.15. The smallest absolute Gasteiger partial charge is 0.275 e. The maximum absolute atomic E-state index is 12.2. The van der Waals surface area contributed by atoms with Gasteiger partial charge in [0, 0.05) is 22.8 Å². The molecule has 0 saturated carbocycles. The monoisotopic (exact) mass is 351 g/mol. The first-order valence-corrected chi connectivity index (χ1v) is 6.79. The number of hydrogen-bond donors (Lipinski definition) is 2. The maximum Gasteiger partial charge on any atom is 0.275 e. The van der Waals surface area contributed by atoms with E-state index in [0.29, 0.717) is 27.3 Å². The summed E-state index contributed by atoms with van der Waals surface area (Å²) >= 11 is 3.28. The van der Waals surface area contributed by atoms with Crippen LogP contribution in [0.5, 0.6) is 11.5 Å². The van der Waals surface area contributed by atoms with E-state index in [4.69, 9.17) is 15.2 Å². The molecule has 1 heterocycles. The molecule has 2 aromatic rings. The first kappa shape index (κ1) is 15.1. The zero-order valence-corrected chi connectivity index (χ0v) is 13.1. The van der Waals surface area contributed by atoms with Gasteiger partial charge in [-0.15, -0.1) is 0 Å². The summed E-state index contributed by atoms with van der Waals surface area (Å²) in [6.07, 6.45) is 1.54. The van der Waals surface area contributed by atoms with Crippen molar-refractivity contribution in [2.45, 2.75) is 0 Å². The molecule has 0 atom stereocenters. The number of aromatic nitrogens is 1. The highest BCUT2D eigenvalue weighted by Crippen LogP contribution is 2.35. The van der Waals surface area contributed by atoms with Crippen molar-refractivity contribution < 1.29 is 14.3 Å². The van der Waals surface area contributed by atoms with Crippen LogP contribution in [0.3, 0.4) is 0 Å². The van der Waals surface area contributed by atoms with Crippen LogP contribution in [0.25, 0.3) is 0 Å². The van der Waals surface area contributed by atoms with Crippen LogP contribution in [-0.2, 0) is 0 Å². The molecule has 6 nitrogen and oxygen atoms in total. The van der Waals surface area contributed by atoms with Crippen molar-refractivity contribution >= 4 is 33.2 Å². The Bertz CT molecular complexity index is 677. The Morgan fingerprint density at radius 2 is 1.95 bits per heavy atom. The largest absolute Gasteiger partial charge is 0.493 e. The topological polar surface area (TPSA) is 86.5 Å². The summed E-state index contributed by atoms with van der Waals surface area (Å²) in [5, 5.41) is 2.70. The predicted molar refractivity (Wildman–Crippen MR) is 83.8 cm³/mol. The van der Waals surface area contributed by atoms with Crippen LogP contribution in [0.4, 0.5) is 11.4 Å². The summed E-state index contributed by atoms with van der Waals surface area (Å²) in [5.74, 6) is 0.593. The van der Waals surface area contributed by atoms with Crippen LogP contribution in [0, 0.1) is 0 Å². The molecule has 0 aliphatic rings. The third kappa shape index (κ3) is 3.25. The molecule has 110 valence electrons. The number of anilines is 2. The number of nitrogens with two attached hydrogens (primary N) is 1. The highest BCUT2D eigenvalue weighted by molar-refractivity contribution is 9.10. The number of ether oxygens (including phenoxy) is 2. The van der Waals surface area contributed by atoms with E-state index in [-0.39, 0.29) is 11.6 Å². The maximum atomic E-state index is 12.2. The van der Waals surface area contributed by atoms with Crippen molar-refractivity contribution in [2.24, 2.45) is 0 Å². The Hall–Kier alpha value is -2.28. The van der Waals surface area contributed by atoms with Crippen LogP contribution >= 0.6 is 15.9 Å². The van der Waals surface area contributed by atoms with Crippen molar-refractivity contribution in [1.29, 1.82) is 0 Å². The fourth-order valence-electron chi connectivity index (χ4n) is 1.74. The summed E-state index contributed by atoms with van der Waals surface area (Å²) < 4.78 is 10.9. The fraction of sp³-hybridized carbons (Fsp3) is 0.143. The van der Waals surface area contributed by atoms with E-state index in [2.05, 4.69) is 26.2 Å². The summed E-state index contributed by atoms with van der Waals surface area (Å²) in [6, 6.07) is 6.65. The molecule has 0 aliphatic heterocycles. The number of nitrogen functional groups attached to an aromatic ring is 1. The molecule has 1 aromatic heterocycles. The minimum Gasteiger partial charge on any atom is -0.493 e. The summed E-state index contributed by atoms with van der Waals surface area (Å²) in [6.45, 7) is 0. The lowest BCUT2D eigenvalue weighted by Gasteiger charge is -2.13. The van der Waals surface area contributed by atoms with E-state index in [1.807, 2.05) is 0 Å². The first-order valence-electron chi connectivity index (χ1n) is 6.00. The van der Waals surface area contributed by atoms with Gasteiger partial charge in [-0.1, -0.05) is 0 Å². The lowest BCUT2D eigenvalue weighted by atomic mass is 10.2. The number of nitrogens with zero attached hydrogens (tertiary/aromatic N) is 1.